The summed E-state index contributed by atoms with van der Waals surface area (Å²) >= 11 is 0. The fourth-order valence-electron chi connectivity index (χ4n) is 4.25. The molecular formula is C29H27F3N2O3. The van der Waals surface area contributed by atoms with Crippen molar-refractivity contribution >= 4 is 17.5 Å². The van der Waals surface area contributed by atoms with Crippen molar-refractivity contribution < 1.29 is 27.4 Å². The lowest BCUT2D eigenvalue weighted by atomic mass is 9.94. The normalized spacial score (nSPS) is 14.8. The zero-order valence-electron chi connectivity index (χ0n) is 20.9. The van der Waals surface area contributed by atoms with E-state index in [1.165, 1.54) is 19.2 Å². The minimum Gasteiger partial charge on any atom is -0.481 e. The minimum absolute atomic E-state index is 0.210. The highest BCUT2D eigenvalue weighted by Gasteiger charge is 2.46. The van der Waals surface area contributed by atoms with Crippen LogP contribution in [-0.4, -0.2) is 49.9 Å². The van der Waals surface area contributed by atoms with Crippen LogP contribution in [0.3, 0.4) is 0 Å². The summed E-state index contributed by atoms with van der Waals surface area (Å²) in [5.41, 5.74) is 5.13. The monoisotopic (exact) mass is 508 g/mol. The van der Waals surface area contributed by atoms with E-state index >= 15 is 0 Å². The molecule has 0 bridgehead atoms. The first kappa shape index (κ1) is 26.2. The Balaban J connectivity index is 1.60. The van der Waals surface area contributed by atoms with Gasteiger partial charge in [0.05, 0.1) is 38.1 Å². The lowest BCUT2D eigenvalue weighted by Crippen LogP contribution is -2.58. The molecule has 1 aliphatic heterocycles. The first-order chi connectivity index (χ1) is 17.6. The van der Waals surface area contributed by atoms with E-state index in [9.17, 15) is 18.0 Å². The molecule has 0 aromatic heterocycles. The van der Waals surface area contributed by atoms with Gasteiger partial charge in [-0.1, -0.05) is 43.0 Å². The Hall–Kier alpha value is -3.91. The largest absolute Gasteiger partial charge is 0.481 e. The van der Waals surface area contributed by atoms with Gasteiger partial charge in [0.2, 0.25) is 5.90 Å². The van der Waals surface area contributed by atoms with E-state index in [2.05, 4.69) is 11.6 Å². The first-order valence-corrected chi connectivity index (χ1v) is 11.6. The number of hydrogen-bond donors (Lipinski definition) is 0. The van der Waals surface area contributed by atoms with E-state index < -0.39 is 30.7 Å². The molecule has 3 aromatic carbocycles. The molecule has 0 N–H and O–H groups in total. The number of aliphatic imine (C=N–C) groups is 1. The van der Waals surface area contributed by atoms with Crippen LogP contribution < -0.4 is 0 Å². The van der Waals surface area contributed by atoms with Gasteiger partial charge in [-0.2, -0.15) is 0 Å². The Morgan fingerprint density at radius 1 is 1.03 bits per heavy atom. The number of likely N-dealkylation sites (tertiary alicyclic amines) is 1. The van der Waals surface area contributed by atoms with Crippen molar-refractivity contribution in [3.8, 4) is 11.1 Å². The van der Waals surface area contributed by atoms with E-state index in [1.54, 1.807) is 7.11 Å². The van der Waals surface area contributed by atoms with Gasteiger partial charge in [-0.3, -0.25) is 4.79 Å². The highest BCUT2D eigenvalue weighted by Crippen LogP contribution is 2.30. The molecule has 0 aliphatic carbocycles. The van der Waals surface area contributed by atoms with Crippen LogP contribution >= 0.6 is 0 Å². The third-order valence-electron chi connectivity index (χ3n) is 6.18. The first-order valence-electron chi connectivity index (χ1n) is 11.6. The fourth-order valence-corrected chi connectivity index (χ4v) is 4.25. The lowest BCUT2D eigenvalue weighted by molar-refractivity contribution is -0.113. The molecule has 0 unspecified atom stereocenters. The molecule has 5 nitrogen and oxygen atoms in total. The number of nitrogens with zero attached hydrogens (tertiary/aromatic N) is 2. The van der Waals surface area contributed by atoms with Gasteiger partial charge < -0.3 is 14.4 Å². The van der Waals surface area contributed by atoms with Gasteiger partial charge in [0.1, 0.15) is 5.82 Å². The number of amides is 1. The third kappa shape index (κ3) is 5.59. The SMILES string of the molecule is C=C(N=C(OC)c1ccc(-c2ccccc2C)c(COC)c1)c1ccc(C(=O)N2CC(F)(F)C2)c(F)c1. The molecule has 1 heterocycles. The quantitative estimate of drug-likeness (QED) is 0.286. The Kier molecular flexibility index (Phi) is 7.50. The number of halogens is 3. The molecule has 8 heteroatoms. The molecule has 37 heavy (non-hydrogen) atoms. The van der Waals surface area contributed by atoms with Crippen LogP contribution in [0.25, 0.3) is 16.8 Å². The van der Waals surface area contributed by atoms with Gasteiger partial charge in [-0.15, -0.1) is 0 Å². The molecule has 4 rings (SSSR count). The maximum absolute atomic E-state index is 14.7. The van der Waals surface area contributed by atoms with E-state index in [4.69, 9.17) is 9.47 Å². The van der Waals surface area contributed by atoms with Crippen LogP contribution in [0.15, 0.2) is 72.2 Å². The van der Waals surface area contributed by atoms with Crippen LogP contribution in [0.5, 0.6) is 0 Å². The molecule has 1 fully saturated rings. The van der Waals surface area contributed by atoms with E-state index in [0.717, 1.165) is 33.2 Å². The zero-order chi connectivity index (χ0) is 26.7. The molecule has 3 aromatic rings. The smallest absolute Gasteiger partial charge is 0.282 e. The van der Waals surface area contributed by atoms with Gasteiger partial charge in [-0.05, 0) is 53.4 Å². The Bertz CT molecular complexity index is 1380. The number of methoxy groups -OCH3 is 2. The second kappa shape index (κ2) is 10.6. The second-order valence-corrected chi connectivity index (χ2v) is 8.90. The average molecular weight is 509 g/mol. The highest BCUT2D eigenvalue weighted by molar-refractivity contribution is 5.99. The van der Waals surface area contributed by atoms with E-state index in [-0.39, 0.29) is 17.2 Å². The average Bonchev–Trinajstić information content (AvgIpc) is 2.86. The maximum atomic E-state index is 14.7. The molecule has 1 saturated heterocycles. The fraction of sp³-hybridized carbons (Fsp3) is 0.241. The highest BCUT2D eigenvalue weighted by atomic mass is 19.3. The van der Waals surface area contributed by atoms with Crippen molar-refractivity contribution in [1.82, 2.24) is 4.90 Å². The Morgan fingerprint density at radius 3 is 2.35 bits per heavy atom. The number of ether oxygens (including phenoxy) is 2. The van der Waals surface area contributed by atoms with Crippen molar-refractivity contribution in [3.63, 3.8) is 0 Å². The molecule has 1 aliphatic rings. The summed E-state index contributed by atoms with van der Waals surface area (Å²) in [5, 5.41) is 0. The summed E-state index contributed by atoms with van der Waals surface area (Å²) in [4.78, 5) is 17.7. The lowest BCUT2D eigenvalue weighted by Gasteiger charge is -2.38. The number of alkyl halides is 2. The van der Waals surface area contributed by atoms with Crippen molar-refractivity contribution in [2.45, 2.75) is 19.5 Å². The molecular weight excluding hydrogens is 481 g/mol. The van der Waals surface area contributed by atoms with Gasteiger partial charge in [0.25, 0.3) is 11.8 Å². The molecule has 0 spiro atoms. The summed E-state index contributed by atoms with van der Waals surface area (Å²) in [6.07, 6.45) is 0. The number of aryl methyl sites for hydroxylation is 1. The van der Waals surface area contributed by atoms with Crippen LogP contribution in [0, 0.1) is 12.7 Å². The van der Waals surface area contributed by atoms with Crippen molar-refractivity contribution in [3.05, 3.63) is 101 Å². The summed E-state index contributed by atoms with van der Waals surface area (Å²) in [6, 6.07) is 17.7. The summed E-state index contributed by atoms with van der Waals surface area (Å²) in [7, 11) is 3.10. The summed E-state index contributed by atoms with van der Waals surface area (Å²) in [5.74, 6) is -4.27. The third-order valence-corrected chi connectivity index (χ3v) is 6.18. The summed E-state index contributed by atoms with van der Waals surface area (Å²) in [6.45, 7) is 4.91. The van der Waals surface area contributed by atoms with Crippen LogP contribution in [-0.2, 0) is 16.1 Å². The van der Waals surface area contributed by atoms with Crippen LogP contribution in [0.2, 0.25) is 0 Å². The van der Waals surface area contributed by atoms with Crippen molar-refractivity contribution in [2.75, 3.05) is 27.3 Å². The van der Waals surface area contributed by atoms with Crippen LogP contribution in [0.1, 0.15) is 32.6 Å². The van der Waals surface area contributed by atoms with Gasteiger partial charge >= 0.3 is 0 Å². The zero-order valence-corrected chi connectivity index (χ0v) is 20.9. The standard InChI is InChI=1S/C29H27F3N2O3/c1-18-7-5-6-8-23(18)24-11-10-21(13-22(24)15-36-3)27(37-4)33-19(2)20-9-12-25(26(30)14-20)28(35)34-16-29(31,32)17-34/h5-14H,2,15-17H2,1,3-4H3. The molecule has 0 atom stereocenters. The molecule has 192 valence electrons. The summed E-state index contributed by atoms with van der Waals surface area (Å²) < 4.78 is 51.8. The number of rotatable bonds is 7. The van der Waals surface area contributed by atoms with Crippen molar-refractivity contribution in [1.29, 1.82) is 0 Å². The van der Waals surface area contributed by atoms with E-state index in [1.807, 2.05) is 49.4 Å². The molecule has 1 amide bonds. The Labute approximate surface area is 213 Å². The second-order valence-electron chi connectivity index (χ2n) is 8.90. The maximum Gasteiger partial charge on any atom is 0.282 e. The number of carbonyl (C=O) groups excluding carboxylic acids is 1. The van der Waals surface area contributed by atoms with Gasteiger partial charge in [0.15, 0.2) is 0 Å². The van der Waals surface area contributed by atoms with E-state index in [0.29, 0.717) is 17.7 Å². The van der Waals surface area contributed by atoms with Crippen molar-refractivity contribution in [2.24, 2.45) is 4.99 Å². The van der Waals surface area contributed by atoms with Gasteiger partial charge in [-0.25, -0.2) is 18.2 Å². The number of hydrogen-bond acceptors (Lipinski definition) is 4. The Morgan fingerprint density at radius 2 is 1.73 bits per heavy atom. The molecule has 0 radical (unpaired) electrons. The van der Waals surface area contributed by atoms with Crippen LogP contribution in [0.4, 0.5) is 13.2 Å². The predicted molar refractivity (Wildman–Crippen MR) is 137 cm³/mol. The predicted octanol–water partition coefficient (Wildman–Crippen LogP) is 6.10. The minimum atomic E-state index is -2.92. The number of carbonyl (C=O) groups is 1. The molecule has 0 saturated carbocycles. The topological polar surface area (TPSA) is 51.1 Å². The number of benzene rings is 3. The van der Waals surface area contributed by atoms with Gasteiger partial charge in [0, 0.05) is 18.2 Å².